The van der Waals surface area contributed by atoms with Crippen LogP contribution in [0.2, 0.25) is 5.02 Å². The highest BCUT2D eigenvalue weighted by molar-refractivity contribution is 6.31. The standard InChI is InChI=1S/C24H24ClN5O3.ClH/c1-28-18-10-4-8-16(23(32)33)19(18)20-21(22(28)31)30(12-14-6-2-3-9-17(14)25)24(27-20)29-11-5-7-15(26)13-29;/h2-4,6,8-10,15H,5,7,11-13,26H2,1H3,(H,32,33);1H/t15-;/m1./s1. The van der Waals surface area contributed by atoms with Crippen LogP contribution in [0, 0.1) is 0 Å². The molecule has 1 fully saturated rings. The fraction of sp³-hybridized carbons (Fsp3) is 0.292. The molecule has 1 saturated heterocycles. The smallest absolute Gasteiger partial charge is 0.336 e. The first-order valence-corrected chi connectivity index (χ1v) is 11.2. The zero-order chi connectivity index (χ0) is 23.3. The van der Waals surface area contributed by atoms with Gasteiger partial charge in [0.2, 0.25) is 5.95 Å². The Morgan fingerprint density at radius 3 is 2.71 bits per heavy atom. The largest absolute Gasteiger partial charge is 0.478 e. The lowest BCUT2D eigenvalue weighted by Crippen LogP contribution is -2.44. The van der Waals surface area contributed by atoms with E-state index in [0.717, 1.165) is 24.9 Å². The van der Waals surface area contributed by atoms with Crippen LogP contribution < -0.4 is 16.2 Å². The maximum absolute atomic E-state index is 13.6. The number of anilines is 1. The Morgan fingerprint density at radius 2 is 2.00 bits per heavy atom. The summed E-state index contributed by atoms with van der Waals surface area (Å²) in [4.78, 5) is 32.6. The molecule has 34 heavy (non-hydrogen) atoms. The number of fused-ring (bicyclic) bond motifs is 3. The summed E-state index contributed by atoms with van der Waals surface area (Å²) in [5, 5.41) is 10.9. The average Bonchev–Trinajstić information content (AvgIpc) is 3.17. The number of hydrogen-bond donors (Lipinski definition) is 2. The highest BCUT2D eigenvalue weighted by Crippen LogP contribution is 2.31. The first-order chi connectivity index (χ1) is 15.9. The Balaban J connectivity index is 0.00000274. The van der Waals surface area contributed by atoms with Gasteiger partial charge in [0.05, 0.1) is 17.6 Å². The molecule has 1 aliphatic rings. The highest BCUT2D eigenvalue weighted by atomic mass is 35.5. The number of piperidine rings is 1. The second-order valence-electron chi connectivity index (χ2n) is 8.50. The molecule has 0 unspecified atom stereocenters. The number of hydrogen-bond acceptors (Lipinski definition) is 5. The molecule has 1 aliphatic heterocycles. The van der Waals surface area contributed by atoms with Crippen molar-refractivity contribution in [2.45, 2.75) is 25.4 Å². The average molecular weight is 502 g/mol. The number of nitrogens with zero attached hydrogens (tertiary/aromatic N) is 4. The lowest BCUT2D eigenvalue weighted by atomic mass is 10.1. The molecule has 0 amide bonds. The number of benzene rings is 2. The number of aromatic nitrogens is 3. The molecule has 2 aromatic carbocycles. The molecule has 8 nitrogen and oxygen atoms in total. The Morgan fingerprint density at radius 1 is 1.24 bits per heavy atom. The number of carboxylic acid groups (broad SMARTS) is 1. The van der Waals surface area contributed by atoms with Crippen LogP contribution in [0.5, 0.6) is 0 Å². The first-order valence-electron chi connectivity index (χ1n) is 10.9. The normalized spacial score (nSPS) is 16.1. The summed E-state index contributed by atoms with van der Waals surface area (Å²) >= 11 is 6.46. The number of rotatable bonds is 4. The minimum atomic E-state index is -1.07. The number of imidazole rings is 1. The predicted octanol–water partition coefficient (Wildman–Crippen LogP) is 3.64. The van der Waals surface area contributed by atoms with Gasteiger partial charge in [-0.05, 0) is 36.6 Å². The Labute approximate surface area is 207 Å². The molecule has 10 heteroatoms. The Bertz CT molecular complexity index is 1460. The van der Waals surface area contributed by atoms with Crippen molar-refractivity contribution in [1.29, 1.82) is 0 Å². The van der Waals surface area contributed by atoms with Crippen molar-refractivity contribution in [3.05, 3.63) is 69.0 Å². The lowest BCUT2D eigenvalue weighted by Gasteiger charge is -2.32. The molecular formula is C24H25Cl2N5O3. The molecule has 3 heterocycles. The van der Waals surface area contributed by atoms with Crippen LogP contribution in [0.1, 0.15) is 28.8 Å². The topological polar surface area (TPSA) is 106 Å². The number of nitrogens with two attached hydrogens (primary N) is 1. The zero-order valence-electron chi connectivity index (χ0n) is 18.6. The third-order valence-corrected chi connectivity index (χ3v) is 6.72. The second kappa shape index (κ2) is 9.29. The number of aryl methyl sites for hydroxylation is 1. The maximum Gasteiger partial charge on any atom is 0.336 e. The molecule has 0 bridgehead atoms. The lowest BCUT2D eigenvalue weighted by molar-refractivity contribution is 0.0699. The minimum absolute atomic E-state index is 0. The van der Waals surface area contributed by atoms with Gasteiger partial charge in [0.15, 0.2) is 0 Å². The van der Waals surface area contributed by atoms with Crippen LogP contribution in [0.3, 0.4) is 0 Å². The summed E-state index contributed by atoms with van der Waals surface area (Å²) in [7, 11) is 1.65. The van der Waals surface area contributed by atoms with Crippen LogP contribution in [-0.2, 0) is 13.6 Å². The molecule has 178 valence electrons. The van der Waals surface area contributed by atoms with E-state index in [2.05, 4.69) is 4.90 Å². The molecular weight excluding hydrogens is 477 g/mol. The van der Waals surface area contributed by atoms with Crippen molar-refractivity contribution in [3.63, 3.8) is 0 Å². The summed E-state index contributed by atoms with van der Waals surface area (Å²) in [6.07, 6.45) is 1.84. The van der Waals surface area contributed by atoms with Gasteiger partial charge in [-0.1, -0.05) is 35.9 Å². The van der Waals surface area contributed by atoms with E-state index in [1.165, 1.54) is 10.6 Å². The van der Waals surface area contributed by atoms with E-state index in [1.807, 2.05) is 28.8 Å². The fourth-order valence-corrected chi connectivity index (χ4v) is 4.92. The molecule has 2 aromatic heterocycles. The van der Waals surface area contributed by atoms with Crippen LogP contribution in [0.4, 0.5) is 5.95 Å². The van der Waals surface area contributed by atoms with E-state index in [9.17, 15) is 14.7 Å². The number of halogens is 2. The Kier molecular flexibility index (Phi) is 6.58. The Hall–Kier alpha value is -3.07. The van der Waals surface area contributed by atoms with E-state index >= 15 is 0 Å². The van der Waals surface area contributed by atoms with Crippen LogP contribution in [-0.4, -0.2) is 44.3 Å². The van der Waals surface area contributed by atoms with E-state index in [1.54, 1.807) is 19.2 Å². The van der Waals surface area contributed by atoms with Gasteiger partial charge in [0, 0.05) is 36.6 Å². The molecule has 5 rings (SSSR count). The van der Waals surface area contributed by atoms with Gasteiger partial charge in [0.25, 0.3) is 5.56 Å². The van der Waals surface area contributed by atoms with Gasteiger partial charge in [-0.3, -0.25) is 4.79 Å². The van der Waals surface area contributed by atoms with Gasteiger partial charge in [0.1, 0.15) is 11.0 Å². The molecule has 0 spiro atoms. The molecule has 0 saturated carbocycles. The van der Waals surface area contributed by atoms with Crippen LogP contribution in [0.25, 0.3) is 21.9 Å². The summed E-state index contributed by atoms with van der Waals surface area (Å²) in [5.74, 6) is -0.465. The molecule has 0 aliphatic carbocycles. The van der Waals surface area contributed by atoms with Crippen molar-refractivity contribution >= 4 is 57.9 Å². The predicted molar refractivity (Wildman–Crippen MR) is 137 cm³/mol. The van der Waals surface area contributed by atoms with Crippen molar-refractivity contribution in [3.8, 4) is 0 Å². The van der Waals surface area contributed by atoms with Gasteiger partial charge >= 0.3 is 5.97 Å². The van der Waals surface area contributed by atoms with E-state index in [0.29, 0.717) is 46.0 Å². The summed E-state index contributed by atoms with van der Waals surface area (Å²) < 4.78 is 3.34. The van der Waals surface area contributed by atoms with Crippen molar-refractivity contribution in [1.82, 2.24) is 14.1 Å². The summed E-state index contributed by atoms with van der Waals surface area (Å²) in [6.45, 7) is 1.69. The molecule has 4 aromatic rings. The van der Waals surface area contributed by atoms with E-state index < -0.39 is 5.97 Å². The number of carboxylic acids is 1. The highest BCUT2D eigenvalue weighted by Gasteiger charge is 2.27. The van der Waals surface area contributed by atoms with Crippen LogP contribution in [0.15, 0.2) is 47.3 Å². The SMILES string of the molecule is Cl.Cn1c(=O)c2c(nc(N3CCC[C@@H](N)C3)n2Cc2ccccc2Cl)c2c(C(=O)O)cccc21. The monoisotopic (exact) mass is 501 g/mol. The van der Waals surface area contributed by atoms with Crippen molar-refractivity contribution < 1.29 is 9.90 Å². The number of aromatic carboxylic acids is 1. The zero-order valence-corrected chi connectivity index (χ0v) is 20.1. The van der Waals surface area contributed by atoms with Crippen molar-refractivity contribution in [2.75, 3.05) is 18.0 Å². The fourth-order valence-electron chi connectivity index (χ4n) is 4.73. The third kappa shape index (κ3) is 3.91. The van der Waals surface area contributed by atoms with E-state index in [4.69, 9.17) is 22.3 Å². The molecule has 3 N–H and O–H groups in total. The van der Waals surface area contributed by atoms with Crippen molar-refractivity contribution in [2.24, 2.45) is 12.8 Å². The first kappa shape index (κ1) is 24.1. The molecule has 0 radical (unpaired) electrons. The van der Waals surface area contributed by atoms with Gasteiger partial charge in [-0.15, -0.1) is 12.4 Å². The summed E-state index contributed by atoms with van der Waals surface area (Å²) in [5.41, 5.74) is 8.22. The van der Waals surface area contributed by atoms with Crippen LogP contribution >= 0.6 is 24.0 Å². The quantitative estimate of drug-likeness (QED) is 0.442. The van der Waals surface area contributed by atoms with E-state index in [-0.39, 0.29) is 29.6 Å². The maximum atomic E-state index is 13.6. The molecule has 1 atom stereocenters. The summed E-state index contributed by atoms with van der Waals surface area (Å²) in [6, 6.07) is 12.4. The third-order valence-electron chi connectivity index (χ3n) is 6.35. The minimum Gasteiger partial charge on any atom is -0.478 e. The van der Waals surface area contributed by atoms with Gasteiger partial charge < -0.3 is 24.9 Å². The number of pyridine rings is 1. The van der Waals surface area contributed by atoms with Gasteiger partial charge in [-0.25, -0.2) is 9.78 Å². The number of carbonyl (C=O) groups is 1. The second-order valence-corrected chi connectivity index (χ2v) is 8.91. The van der Waals surface area contributed by atoms with Gasteiger partial charge in [-0.2, -0.15) is 0 Å².